The first-order chi connectivity index (χ1) is 9.62. The van der Waals surface area contributed by atoms with E-state index < -0.39 is 14.6 Å². The lowest BCUT2D eigenvalue weighted by atomic mass is 10.1. The van der Waals surface area contributed by atoms with Gasteiger partial charge >= 0.3 is 0 Å². The van der Waals surface area contributed by atoms with E-state index in [9.17, 15) is 8.42 Å². The minimum absolute atomic E-state index is 0.111. The van der Waals surface area contributed by atoms with Gasteiger partial charge in [0.15, 0.2) is 15.7 Å². The molecule has 1 heterocycles. The number of benzene rings is 1. The third kappa shape index (κ3) is 3.16. The van der Waals surface area contributed by atoms with Crippen LogP contribution in [0.5, 0.6) is 0 Å². The van der Waals surface area contributed by atoms with Crippen molar-refractivity contribution in [2.24, 2.45) is 0 Å². The number of nitrogens with zero attached hydrogens (tertiary/aromatic N) is 4. The highest BCUT2D eigenvalue weighted by atomic mass is 35.5. The maximum absolute atomic E-state index is 11.8. The number of sulfone groups is 1. The van der Waals surface area contributed by atoms with Gasteiger partial charge in [-0.05, 0) is 42.5 Å². The second-order valence-corrected chi connectivity index (χ2v) is 8.51. The summed E-state index contributed by atoms with van der Waals surface area (Å²) in [6.45, 7) is 3.35. The summed E-state index contributed by atoms with van der Waals surface area (Å²) >= 11 is 5.96. The van der Waals surface area contributed by atoms with E-state index >= 15 is 0 Å². The topological polar surface area (TPSA) is 104 Å². The number of hydrogen-bond donors (Lipinski definition) is 1. The number of nitrogens with two attached hydrogens (primary N) is 1. The summed E-state index contributed by atoms with van der Waals surface area (Å²) in [7, 11) is -3.27. The number of aromatic nitrogens is 4. The molecule has 0 bridgehead atoms. The Balaban J connectivity index is 2.47. The maximum Gasteiger partial charge on any atom is 0.184 e. The van der Waals surface area contributed by atoms with E-state index in [1.165, 1.54) is 10.9 Å². The number of halogens is 1. The first-order valence-electron chi connectivity index (χ1n) is 6.13. The SMILES string of the molecule is CC(C)(Cn1nnnc1-c1cc(Cl)ccc1N)S(C)(=O)=O. The van der Waals surface area contributed by atoms with E-state index in [4.69, 9.17) is 17.3 Å². The molecule has 7 nitrogen and oxygen atoms in total. The van der Waals surface area contributed by atoms with Crippen molar-refractivity contribution in [3.63, 3.8) is 0 Å². The molecular formula is C12H16ClN5O2S. The molecule has 114 valence electrons. The number of hydrogen-bond acceptors (Lipinski definition) is 6. The fraction of sp³-hybridized carbons (Fsp3) is 0.417. The van der Waals surface area contributed by atoms with Crippen LogP contribution in [0.3, 0.4) is 0 Å². The minimum Gasteiger partial charge on any atom is -0.398 e. The summed E-state index contributed by atoms with van der Waals surface area (Å²) in [6.07, 6.45) is 1.19. The van der Waals surface area contributed by atoms with Crippen molar-refractivity contribution in [2.75, 3.05) is 12.0 Å². The maximum atomic E-state index is 11.8. The summed E-state index contributed by atoms with van der Waals surface area (Å²) < 4.78 is 24.1. The van der Waals surface area contributed by atoms with Crippen molar-refractivity contribution >= 4 is 27.1 Å². The Bertz CT molecular complexity index is 770. The zero-order chi connectivity index (χ0) is 15.8. The lowest BCUT2D eigenvalue weighted by Crippen LogP contribution is -2.36. The molecule has 0 aliphatic rings. The molecule has 1 aromatic carbocycles. The first-order valence-corrected chi connectivity index (χ1v) is 8.40. The summed E-state index contributed by atoms with van der Waals surface area (Å²) in [5, 5.41) is 11.9. The predicted molar refractivity (Wildman–Crippen MR) is 81.6 cm³/mol. The summed E-state index contributed by atoms with van der Waals surface area (Å²) in [4.78, 5) is 0. The van der Waals surface area contributed by atoms with E-state index in [2.05, 4.69) is 15.5 Å². The molecule has 2 N–H and O–H groups in total. The Morgan fingerprint density at radius 1 is 1.38 bits per heavy atom. The minimum atomic E-state index is -3.27. The molecule has 0 unspecified atom stereocenters. The van der Waals surface area contributed by atoms with Gasteiger partial charge in [0.1, 0.15) is 0 Å². The smallest absolute Gasteiger partial charge is 0.184 e. The Morgan fingerprint density at radius 3 is 2.67 bits per heavy atom. The normalized spacial score (nSPS) is 12.6. The van der Waals surface area contributed by atoms with Crippen molar-refractivity contribution in [1.29, 1.82) is 0 Å². The number of nitrogen functional groups attached to an aromatic ring is 1. The third-order valence-corrected chi connectivity index (χ3v) is 5.69. The average Bonchev–Trinajstić information content (AvgIpc) is 2.78. The lowest BCUT2D eigenvalue weighted by Gasteiger charge is -2.22. The van der Waals surface area contributed by atoms with E-state index in [1.807, 2.05) is 0 Å². The highest BCUT2D eigenvalue weighted by Gasteiger charge is 2.32. The standard InChI is InChI=1S/C12H16ClN5O2S/c1-12(2,21(3,19)20)7-18-11(15-16-17-18)9-6-8(13)4-5-10(9)14/h4-6H,7,14H2,1-3H3. The van der Waals surface area contributed by atoms with E-state index in [0.29, 0.717) is 22.1 Å². The largest absolute Gasteiger partial charge is 0.398 e. The Morgan fingerprint density at radius 2 is 2.05 bits per heavy atom. The van der Waals surface area contributed by atoms with Crippen molar-refractivity contribution < 1.29 is 8.42 Å². The van der Waals surface area contributed by atoms with Gasteiger partial charge < -0.3 is 5.73 Å². The van der Waals surface area contributed by atoms with E-state index in [0.717, 1.165) is 0 Å². The van der Waals surface area contributed by atoms with Crippen molar-refractivity contribution in [2.45, 2.75) is 25.1 Å². The van der Waals surface area contributed by atoms with Crippen LogP contribution >= 0.6 is 11.6 Å². The van der Waals surface area contributed by atoms with Crippen LogP contribution in [0.2, 0.25) is 5.02 Å². The number of anilines is 1. The molecule has 21 heavy (non-hydrogen) atoms. The molecular weight excluding hydrogens is 314 g/mol. The van der Waals surface area contributed by atoms with Crippen LogP contribution in [0.1, 0.15) is 13.8 Å². The molecule has 9 heteroatoms. The van der Waals surface area contributed by atoms with Gasteiger partial charge in [0, 0.05) is 22.5 Å². The Kier molecular flexibility index (Phi) is 3.94. The van der Waals surface area contributed by atoms with Gasteiger partial charge in [-0.2, -0.15) is 0 Å². The monoisotopic (exact) mass is 329 g/mol. The van der Waals surface area contributed by atoms with Gasteiger partial charge in [-0.25, -0.2) is 13.1 Å². The molecule has 0 fully saturated rings. The summed E-state index contributed by atoms with van der Waals surface area (Å²) in [5.74, 6) is 0.381. The lowest BCUT2D eigenvalue weighted by molar-refractivity contribution is 0.472. The number of tetrazole rings is 1. The highest BCUT2D eigenvalue weighted by Crippen LogP contribution is 2.28. The summed E-state index contributed by atoms with van der Waals surface area (Å²) in [6, 6.07) is 4.96. The van der Waals surface area contributed by atoms with Gasteiger partial charge in [-0.1, -0.05) is 11.6 Å². The Hall–Kier alpha value is -1.67. The molecule has 2 rings (SSSR count). The van der Waals surface area contributed by atoms with Crippen molar-refractivity contribution in [1.82, 2.24) is 20.2 Å². The molecule has 0 amide bonds. The third-order valence-electron chi connectivity index (χ3n) is 3.32. The molecule has 0 saturated carbocycles. The summed E-state index contributed by atoms with van der Waals surface area (Å²) in [5.41, 5.74) is 6.95. The number of rotatable bonds is 4. The average molecular weight is 330 g/mol. The van der Waals surface area contributed by atoms with Crippen molar-refractivity contribution in [3.05, 3.63) is 23.2 Å². The molecule has 1 aromatic heterocycles. The van der Waals surface area contributed by atoms with Gasteiger partial charge in [-0.3, -0.25) is 0 Å². The molecule has 0 radical (unpaired) electrons. The molecule has 0 aliphatic heterocycles. The van der Waals surface area contributed by atoms with E-state index in [-0.39, 0.29) is 6.54 Å². The highest BCUT2D eigenvalue weighted by molar-refractivity contribution is 7.92. The fourth-order valence-corrected chi connectivity index (χ4v) is 2.23. The second kappa shape index (κ2) is 5.27. The van der Waals surface area contributed by atoms with Gasteiger partial charge in [-0.15, -0.1) is 5.10 Å². The first kappa shape index (κ1) is 15.7. The van der Waals surface area contributed by atoms with Crippen LogP contribution in [-0.2, 0) is 16.4 Å². The van der Waals surface area contributed by atoms with Crippen LogP contribution in [0, 0.1) is 0 Å². The van der Waals surface area contributed by atoms with Gasteiger partial charge in [0.2, 0.25) is 0 Å². The molecule has 0 atom stereocenters. The molecule has 2 aromatic rings. The quantitative estimate of drug-likeness (QED) is 0.850. The zero-order valence-electron chi connectivity index (χ0n) is 11.9. The molecule has 0 saturated heterocycles. The Labute approximate surface area is 128 Å². The van der Waals surface area contributed by atoms with Crippen LogP contribution in [-0.4, -0.2) is 39.6 Å². The van der Waals surface area contributed by atoms with Crippen LogP contribution < -0.4 is 5.73 Å². The predicted octanol–water partition coefficient (Wildman–Crippen LogP) is 1.40. The molecule has 0 spiro atoms. The van der Waals surface area contributed by atoms with Crippen LogP contribution in [0.4, 0.5) is 5.69 Å². The van der Waals surface area contributed by atoms with Crippen LogP contribution in [0.15, 0.2) is 18.2 Å². The van der Waals surface area contributed by atoms with E-state index in [1.54, 1.807) is 32.0 Å². The fourth-order valence-electron chi connectivity index (χ4n) is 1.70. The second-order valence-electron chi connectivity index (χ2n) is 5.42. The van der Waals surface area contributed by atoms with Crippen molar-refractivity contribution in [3.8, 4) is 11.4 Å². The van der Waals surface area contributed by atoms with Gasteiger partial charge in [0.05, 0.1) is 11.3 Å². The van der Waals surface area contributed by atoms with Gasteiger partial charge in [0.25, 0.3) is 0 Å². The van der Waals surface area contributed by atoms with Crippen LogP contribution in [0.25, 0.3) is 11.4 Å². The molecule has 0 aliphatic carbocycles. The zero-order valence-corrected chi connectivity index (χ0v) is 13.5.